The molecule has 0 unspecified atom stereocenters. The minimum absolute atomic E-state index is 0.0711. The van der Waals surface area contributed by atoms with E-state index in [0.29, 0.717) is 13.1 Å². The Balaban J connectivity index is 2.56. The monoisotopic (exact) mass is 292 g/mol. The first-order chi connectivity index (χ1) is 9.77. The van der Waals surface area contributed by atoms with E-state index < -0.39 is 11.5 Å². The van der Waals surface area contributed by atoms with Crippen LogP contribution in [0.25, 0.3) is 0 Å². The normalized spacial score (nSPS) is 11.5. The standard InChI is InChI=1S/C16H24N2O3/c1-5-18(16(3,4)15(20)21)11-14(19)17-10-13-8-6-12(2)7-9-13/h6-9H,5,10-11H2,1-4H3,(H,17,19)(H,20,21). The summed E-state index contributed by atoms with van der Waals surface area (Å²) >= 11 is 0. The molecule has 0 atom stereocenters. The number of nitrogens with zero attached hydrogens (tertiary/aromatic N) is 1. The summed E-state index contributed by atoms with van der Waals surface area (Å²) in [6.45, 7) is 8.08. The van der Waals surface area contributed by atoms with Crippen LogP contribution >= 0.6 is 0 Å². The molecule has 0 radical (unpaired) electrons. The van der Waals surface area contributed by atoms with Crippen LogP contribution in [0.2, 0.25) is 0 Å². The molecule has 1 aromatic rings. The number of hydrogen-bond donors (Lipinski definition) is 2. The first-order valence-corrected chi connectivity index (χ1v) is 7.08. The van der Waals surface area contributed by atoms with Gasteiger partial charge in [-0.1, -0.05) is 36.8 Å². The van der Waals surface area contributed by atoms with Gasteiger partial charge in [0.25, 0.3) is 0 Å². The third-order valence-corrected chi connectivity index (χ3v) is 3.64. The van der Waals surface area contributed by atoms with E-state index in [1.54, 1.807) is 18.7 Å². The number of benzene rings is 1. The molecule has 21 heavy (non-hydrogen) atoms. The van der Waals surface area contributed by atoms with Crippen molar-refractivity contribution in [3.8, 4) is 0 Å². The van der Waals surface area contributed by atoms with Crippen molar-refractivity contribution >= 4 is 11.9 Å². The summed E-state index contributed by atoms with van der Waals surface area (Å²) in [6, 6.07) is 7.92. The van der Waals surface area contributed by atoms with Crippen molar-refractivity contribution in [2.75, 3.05) is 13.1 Å². The van der Waals surface area contributed by atoms with E-state index in [0.717, 1.165) is 5.56 Å². The maximum Gasteiger partial charge on any atom is 0.323 e. The van der Waals surface area contributed by atoms with Gasteiger partial charge < -0.3 is 10.4 Å². The van der Waals surface area contributed by atoms with Gasteiger partial charge in [0, 0.05) is 6.54 Å². The molecule has 0 heterocycles. The molecule has 0 aliphatic carbocycles. The van der Waals surface area contributed by atoms with Gasteiger partial charge in [0.2, 0.25) is 5.91 Å². The number of carboxylic acid groups (broad SMARTS) is 1. The first kappa shape index (κ1) is 17.2. The van der Waals surface area contributed by atoms with Gasteiger partial charge in [0.1, 0.15) is 5.54 Å². The summed E-state index contributed by atoms with van der Waals surface area (Å²) < 4.78 is 0. The maximum absolute atomic E-state index is 12.0. The van der Waals surface area contributed by atoms with E-state index in [9.17, 15) is 14.7 Å². The van der Waals surface area contributed by atoms with Crippen molar-refractivity contribution in [2.24, 2.45) is 0 Å². The van der Waals surface area contributed by atoms with Crippen LogP contribution in [0.1, 0.15) is 31.9 Å². The molecule has 0 aliphatic rings. The number of likely N-dealkylation sites (N-methyl/N-ethyl adjacent to an activating group) is 1. The Labute approximate surface area is 126 Å². The van der Waals surface area contributed by atoms with Gasteiger partial charge in [0.05, 0.1) is 6.54 Å². The van der Waals surface area contributed by atoms with Crippen molar-refractivity contribution in [1.82, 2.24) is 10.2 Å². The summed E-state index contributed by atoms with van der Waals surface area (Å²) in [5.41, 5.74) is 1.13. The van der Waals surface area contributed by atoms with E-state index in [1.807, 2.05) is 38.1 Å². The molecule has 1 amide bonds. The Morgan fingerprint density at radius 2 is 1.81 bits per heavy atom. The highest BCUT2D eigenvalue weighted by atomic mass is 16.4. The van der Waals surface area contributed by atoms with Crippen molar-refractivity contribution in [2.45, 2.75) is 39.8 Å². The van der Waals surface area contributed by atoms with Gasteiger partial charge >= 0.3 is 5.97 Å². The third-order valence-electron chi connectivity index (χ3n) is 3.64. The molecule has 1 aromatic carbocycles. The van der Waals surface area contributed by atoms with Gasteiger partial charge in [-0.05, 0) is 32.9 Å². The lowest BCUT2D eigenvalue weighted by Crippen LogP contribution is -2.53. The number of carbonyl (C=O) groups excluding carboxylic acids is 1. The number of carboxylic acids is 1. The van der Waals surface area contributed by atoms with Gasteiger partial charge in [-0.3, -0.25) is 14.5 Å². The van der Waals surface area contributed by atoms with E-state index in [-0.39, 0.29) is 12.5 Å². The van der Waals surface area contributed by atoms with Crippen LogP contribution in [-0.4, -0.2) is 40.5 Å². The van der Waals surface area contributed by atoms with Crippen LogP contribution in [0.15, 0.2) is 24.3 Å². The smallest absolute Gasteiger partial charge is 0.323 e. The molecule has 0 aliphatic heterocycles. The topological polar surface area (TPSA) is 69.6 Å². The Hall–Kier alpha value is -1.88. The maximum atomic E-state index is 12.0. The number of amides is 1. The van der Waals surface area contributed by atoms with Gasteiger partial charge in [-0.2, -0.15) is 0 Å². The minimum Gasteiger partial charge on any atom is -0.480 e. The second-order valence-corrected chi connectivity index (χ2v) is 5.64. The number of carbonyl (C=O) groups is 2. The van der Waals surface area contributed by atoms with Crippen LogP contribution < -0.4 is 5.32 Å². The number of hydrogen-bond acceptors (Lipinski definition) is 3. The van der Waals surface area contributed by atoms with E-state index in [1.165, 1.54) is 5.56 Å². The number of aryl methyl sites for hydroxylation is 1. The molecular formula is C16H24N2O3. The van der Waals surface area contributed by atoms with Crippen molar-refractivity contribution in [3.05, 3.63) is 35.4 Å². The minimum atomic E-state index is -1.06. The largest absolute Gasteiger partial charge is 0.480 e. The van der Waals surface area contributed by atoms with E-state index in [4.69, 9.17) is 0 Å². The summed E-state index contributed by atoms with van der Waals surface area (Å²) in [6.07, 6.45) is 0. The fourth-order valence-electron chi connectivity index (χ4n) is 1.98. The van der Waals surface area contributed by atoms with E-state index in [2.05, 4.69) is 5.32 Å². The van der Waals surface area contributed by atoms with Gasteiger partial charge in [-0.15, -0.1) is 0 Å². The summed E-state index contributed by atoms with van der Waals surface area (Å²) in [7, 11) is 0. The average molecular weight is 292 g/mol. The van der Waals surface area contributed by atoms with E-state index >= 15 is 0 Å². The zero-order valence-corrected chi connectivity index (χ0v) is 13.1. The Morgan fingerprint density at radius 1 is 1.24 bits per heavy atom. The Morgan fingerprint density at radius 3 is 2.29 bits per heavy atom. The fourth-order valence-corrected chi connectivity index (χ4v) is 1.98. The fraction of sp³-hybridized carbons (Fsp3) is 0.500. The van der Waals surface area contributed by atoms with Gasteiger partial charge in [-0.25, -0.2) is 0 Å². The van der Waals surface area contributed by atoms with Crippen molar-refractivity contribution in [1.29, 1.82) is 0 Å². The molecule has 0 saturated carbocycles. The Bertz CT molecular complexity index is 495. The molecule has 2 N–H and O–H groups in total. The van der Waals surface area contributed by atoms with Crippen LogP contribution in [0.5, 0.6) is 0 Å². The number of rotatable bonds is 7. The molecule has 116 valence electrons. The van der Waals surface area contributed by atoms with Crippen LogP contribution in [-0.2, 0) is 16.1 Å². The summed E-state index contributed by atoms with van der Waals surface area (Å²) in [5.74, 6) is -1.11. The summed E-state index contributed by atoms with van der Waals surface area (Å²) in [5, 5.41) is 12.0. The molecule has 0 bridgehead atoms. The first-order valence-electron chi connectivity index (χ1n) is 7.08. The molecular weight excluding hydrogens is 268 g/mol. The highest BCUT2D eigenvalue weighted by Gasteiger charge is 2.34. The van der Waals surface area contributed by atoms with Crippen molar-refractivity contribution < 1.29 is 14.7 Å². The van der Waals surface area contributed by atoms with Crippen LogP contribution in [0, 0.1) is 6.92 Å². The van der Waals surface area contributed by atoms with Gasteiger partial charge in [0.15, 0.2) is 0 Å². The summed E-state index contributed by atoms with van der Waals surface area (Å²) in [4.78, 5) is 24.9. The number of aliphatic carboxylic acids is 1. The molecule has 5 nitrogen and oxygen atoms in total. The second-order valence-electron chi connectivity index (χ2n) is 5.64. The third kappa shape index (κ3) is 4.86. The lowest BCUT2D eigenvalue weighted by atomic mass is 10.0. The second kappa shape index (κ2) is 7.22. The zero-order chi connectivity index (χ0) is 16.0. The van der Waals surface area contributed by atoms with Crippen LogP contribution in [0.4, 0.5) is 0 Å². The lowest BCUT2D eigenvalue weighted by molar-refractivity contribution is -0.150. The molecule has 1 rings (SSSR count). The molecule has 0 fully saturated rings. The highest BCUT2D eigenvalue weighted by Crippen LogP contribution is 2.13. The van der Waals surface area contributed by atoms with Crippen molar-refractivity contribution in [3.63, 3.8) is 0 Å². The number of nitrogens with one attached hydrogen (secondary N) is 1. The Kier molecular flexibility index (Phi) is 5.90. The highest BCUT2D eigenvalue weighted by molar-refractivity contribution is 5.81. The predicted octanol–water partition coefficient (Wildman–Crippen LogP) is 1.80. The average Bonchev–Trinajstić information content (AvgIpc) is 2.43. The molecule has 0 saturated heterocycles. The predicted molar refractivity (Wildman–Crippen MR) is 82.0 cm³/mol. The lowest BCUT2D eigenvalue weighted by Gasteiger charge is -2.33. The SMILES string of the molecule is CCN(CC(=O)NCc1ccc(C)cc1)C(C)(C)C(=O)O. The zero-order valence-electron chi connectivity index (χ0n) is 13.1. The quantitative estimate of drug-likeness (QED) is 0.804. The molecule has 0 aromatic heterocycles. The molecule has 0 spiro atoms. The van der Waals surface area contributed by atoms with Crippen LogP contribution in [0.3, 0.4) is 0 Å². The molecule has 5 heteroatoms.